The van der Waals surface area contributed by atoms with Gasteiger partial charge in [0.2, 0.25) is 0 Å². The Balaban J connectivity index is 0.000000116. The Hall–Kier alpha value is -4.27. The number of fused-ring (bicyclic) bond motifs is 26. The zero-order chi connectivity index (χ0) is 98.8. The molecule has 18 heteroatoms. The number of aliphatic hydroxyl groups excluding tert-OH is 7. The van der Waals surface area contributed by atoms with Gasteiger partial charge in [-0.3, -0.25) is 19.2 Å². The molecule has 12 N–H and O–H groups in total. The predicted molar refractivity (Wildman–Crippen MR) is 544 cm³/mol. The van der Waals surface area contributed by atoms with Crippen LogP contribution >= 0.6 is 0 Å². The third kappa shape index (κ3) is 17.6. The van der Waals surface area contributed by atoms with Gasteiger partial charge in [-0.15, -0.1) is 0 Å². The fraction of sp³-hybridized carbons (Fsp3) is 0.740. The molecule has 0 bridgehead atoms. The number of carbonyl (C=O) groups is 4. The first-order valence-corrected chi connectivity index (χ1v) is 56.2. The van der Waals surface area contributed by atoms with E-state index in [2.05, 4.69) is 97.0 Å². The van der Waals surface area contributed by atoms with Crippen LogP contribution in [0.1, 0.15) is 404 Å². The van der Waals surface area contributed by atoms with E-state index >= 15 is 0 Å². The van der Waals surface area contributed by atoms with Gasteiger partial charge < -0.3 is 61.3 Å². The Morgan fingerprint density at radius 1 is 0.376 bits per heavy atom. The van der Waals surface area contributed by atoms with Crippen molar-refractivity contribution in [3.05, 3.63) is 161 Å². The quantitative estimate of drug-likeness (QED) is 0.109. The summed E-state index contributed by atoms with van der Waals surface area (Å²) in [7, 11) is 0. The van der Waals surface area contributed by atoms with Gasteiger partial charge in [-0.25, -0.2) is 0 Å². The summed E-state index contributed by atoms with van der Waals surface area (Å²) >= 11 is 0. The third-order valence-electron chi connectivity index (χ3n) is 46.5. The largest absolute Gasteiger partial charge is 0.392 e. The summed E-state index contributed by atoms with van der Waals surface area (Å²) in [6, 6.07) is 13.2. The number of Topliss-reactive ketones (excluding diaryl/α,β-unsaturated/α-hetero) is 2. The van der Waals surface area contributed by atoms with E-state index in [4.69, 9.17) is 0 Å². The molecule has 12 saturated carbocycles. The number of hydrogen-bond donors (Lipinski definition) is 12. The smallest absolute Gasteiger partial charge is 0.161 e. The van der Waals surface area contributed by atoms with Crippen molar-refractivity contribution in [2.24, 2.45) is 115 Å². The molecule has 2 aromatic rings. The second-order valence-corrected chi connectivity index (χ2v) is 51.2. The Morgan fingerprint density at radius 2 is 0.780 bits per heavy atom. The number of allylic oxidation sites excluding steroid dienone is 15. The molecule has 16 nitrogen and oxygen atoms in total. The molecule has 0 spiro atoms. The number of benzene rings is 2. The van der Waals surface area contributed by atoms with E-state index in [9.17, 15) is 80.5 Å². The van der Waals surface area contributed by atoms with Crippen LogP contribution in [0.3, 0.4) is 0 Å². The summed E-state index contributed by atoms with van der Waals surface area (Å²) in [4.78, 5) is 47.3. The molecular formula is C123H174O16V2. The molecule has 0 aliphatic heterocycles. The molecule has 0 aromatic heterocycles. The fourth-order valence-corrected chi connectivity index (χ4v) is 38.6. The van der Waals surface area contributed by atoms with Crippen LogP contribution in [0.25, 0.3) is 0 Å². The van der Waals surface area contributed by atoms with Crippen molar-refractivity contribution in [1.82, 2.24) is 0 Å². The molecule has 141 heavy (non-hydrogen) atoms. The van der Waals surface area contributed by atoms with E-state index in [1.807, 2.05) is 12.2 Å². The first-order chi connectivity index (χ1) is 66.1. The van der Waals surface area contributed by atoms with Crippen molar-refractivity contribution in [3.63, 3.8) is 0 Å². The third-order valence-corrected chi connectivity index (χ3v) is 46.5. The van der Waals surface area contributed by atoms with E-state index in [0.717, 1.165) is 228 Å². The van der Waals surface area contributed by atoms with Crippen LogP contribution < -0.4 is 0 Å². The summed E-state index contributed by atoms with van der Waals surface area (Å²) in [5.74, 6) is 10.8. The van der Waals surface area contributed by atoms with Gasteiger partial charge >= 0.3 is 0 Å². The van der Waals surface area contributed by atoms with Crippen LogP contribution in [-0.4, -0.2) is 143 Å². The van der Waals surface area contributed by atoms with Gasteiger partial charge in [-0.1, -0.05) is 129 Å². The fourth-order valence-electron chi connectivity index (χ4n) is 38.6. The molecule has 22 aliphatic carbocycles. The number of aryl methyl sites for hydroxylation is 2. The molecule has 2 radical (unpaired) electrons. The molecule has 24 rings (SSSR count). The molecule has 31 atom stereocenters. The van der Waals surface area contributed by atoms with E-state index in [1.54, 1.807) is 73.6 Å². The van der Waals surface area contributed by atoms with E-state index < -0.39 is 52.4 Å². The van der Waals surface area contributed by atoms with Crippen LogP contribution in [0.4, 0.5) is 0 Å². The van der Waals surface area contributed by atoms with Crippen LogP contribution in [0.5, 0.6) is 0 Å². The van der Waals surface area contributed by atoms with Crippen molar-refractivity contribution >= 4 is 23.1 Å². The molecule has 12 fully saturated rings. The van der Waals surface area contributed by atoms with Crippen LogP contribution in [0.2, 0.25) is 0 Å². The Morgan fingerprint density at radius 3 is 1.23 bits per heavy atom. The first-order valence-electron chi connectivity index (χ1n) is 56.2. The van der Waals surface area contributed by atoms with Crippen molar-refractivity contribution in [2.75, 3.05) is 6.61 Å². The Kier molecular flexibility index (Phi) is 31.2. The molecule has 2 aromatic carbocycles. The Bertz CT molecular complexity index is 5370. The normalized spacial score (nSPS) is 43.0. The van der Waals surface area contributed by atoms with E-state index in [-0.39, 0.29) is 101 Å². The van der Waals surface area contributed by atoms with Gasteiger partial charge in [0.05, 0.1) is 66.6 Å². The average molecular weight is 2010 g/mol. The topological polar surface area (TPSA) is 311 Å². The van der Waals surface area contributed by atoms with Crippen LogP contribution in [0, 0.1) is 115 Å². The minimum Gasteiger partial charge on any atom is -0.392 e. The predicted octanol–water partition coefficient (Wildman–Crippen LogP) is 21.7. The number of ketones is 4. The average Bonchev–Trinajstić information content (AvgIpc) is 1.58. The minimum atomic E-state index is -1.13. The molecule has 0 amide bonds. The number of aliphatic hydroxyl groups is 12. The summed E-state index contributed by atoms with van der Waals surface area (Å²) < 4.78 is 0. The molecule has 772 valence electrons. The van der Waals surface area contributed by atoms with Crippen molar-refractivity contribution < 1.29 is 118 Å². The van der Waals surface area contributed by atoms with Gasteiger partial charge in [-0.05, 0) is 478 Å². The van der Waals surface area contributed by atoms with E-state index in [0.29, 0.717) is 120 Å². The van der Waals surface area contributed by atoms with Crippen molar-refractivity contribution in [1.29, 1.82) is 0 Å². The number of carbonyl (C=O) groups excluding carboxylic acids is 4. The maximum Gasteiger partial charge on any atom is 0.161 e. The van der Waals surface area contributed by atoms with Gasteiger partial charge in [-0.2, -0.15) is 0 Å². The van der Waals surface area contributed by atoms with Crippen molar-refractivity contribution in [3.8, 4) is 0 Å². The van der Waals surface area contributed by atoms with Gasteiger partial charge in [0.1, 0.15) is 11.4 Å². The van der Waals surface area contributed by atoms with Crippen LogP contribution in [-0.2, 0) is 82.3 Å². The summed E-state index contributed by atoms with van der Waals surface area (Å²) in [6.45, 7) is 24.9. The minimum absolute atomic E-state index is 0. The number of rotatable bonds is 8. The maximum atomic E-state index is 12.1. The molecule has 0 saturated heterocycles. The second-order valence-electron chi connectivity index (χ2n) is 51.2. The maximum absolute atomic E-state index is 12.1. The first kappa shape index (κ1) is 108. The molecule has 26 unspecified atom stereocenters. The van der Waals surface area contributed by atoms with Gasteiger partial charge in [0.25, 0.3) is 0 Å². The Labute approximate surface area is 867 Å². The number of hydrogen-bond acceptors (Lipinski definition) is 16. The van der Waals surface area contributed by atoms with Crippen LogP contribution in [0.15, 0.2) is 128 Å². The summed E-state index contributed by atoms with van der Waals surface area (Å²) in [6.07, 6.45) is 51.3. The summed E-state index contributed by atoms with van der Waals surface area (Å²) in [5, 5.41) is 125. The molecule has 22 aliphatic rings. The van der Waals surface area contributed by atoms with Gasteiger partial charge in [0, 0.05) is 89.9 Å². The zero-order valence-electron chi connectivity index (χ0n) is 87.7. The van der Waals surface area contributed by atoms with E-state index in [1.165, 1.54) is 108 Å². The van der Waals surface area contributed by atoms with Crippen molar-refractivity contribution in [2.45, 2.75) is 449 Å². The monoisotopic (exact) mass is 2010 g/mol. The SMILES string of the molecule is C/C=C1\CCC2C3CCc4cc(CO)ccc4C3CCC12C.CC(=O)[C@@]1(O)CCC2C3CCC4=CC(=O)CCC4=C3CCC21C.CC(O)[C@@]1(O)CCC2C3CCC4=C(CC=C(CO)C4)C3CCC21C.CC(O)[C@@]1(O)CCC2C3CCC4=C(CCC(=O)C4)C3CCC21C.CC(O)[C@@]1(O)CCC2C3CCC4=CC(=O)CCC4=C3CCC21C.CC(O)[C@@]1(O)CCC2C3CCc4cc(CO)ccc4C3CCC21C.[V].[V]. The second kappa shape index (κ2) is 40.8. The standard InChI is InChI=1S/C21H32O3.C21H30O3.C21H28O.C20H30O3.C20H28O3.C20H26O3.2V/c2*1-13(23)21(24)10-8-19-18-6-4-15-11-14(12-22)3-5-16(15)17(18)7-9-20(19,21)2;1-3-16-6-9-20-19-8-5-15-12-14(13-22)4-7-17(15)18(19)10-11-21(16,20)2;3*1-12(21)20(23)10-8-18-17-5-3-13-11-14(22)4-6-15(13)16(17)7-9-19(18,20)2;;/h3,13,17-19,22-24H,4-12H2,1-2H3;3,5,11,13,17-19,22-24H,4,6-10,12H2,1-2H3;3-4,7,12,18-20,22H,5-6,8-11,13H2,1-2H3;12,16-18,21,23H,3-11H2,1-2H3;11-12,17-18,21,23H,3-10H2,1-2H3;11,17-18,23H,3-10H2,1-2H3;;/b;;16-3+;;;;;/t2*13?,17?,18?,19?,20?,21-;;12?,16?,17?,18?,19?,20-;12?,17?,18?,19?,20-;17?,18?,19?,20-;;/m00.000../s1. The van der Waals surface area contributed by atoms with Gasteiger partial charge in [0.15, 0.2) is 17.3 Å². The summed E-state index contributed by atoms with van der Waals surface area (Å²) in [5.41, 5.74) is 20.7. The molecular weight excluding hydrogens is 1840 g/mol. The molecule has 0 heterocycles. The zero-order valence-corrected chi connectivity index (χ0v) is 90.4.